The highest BCUT2D eigenvalue weighted by Gasteiger charge is 2.20. The van der Waals surface area contributed by atoms with Crippen LogP contribution in [0, 0.1) is 6.92 Å². The van der Waals surface area contributed by atoms with E-state index in [9.17, 15) is 13.2 Å². The Morgan fingerprint density at radius 1 is 0.879 bits per heavy atom. The Labute approximate surface area is 197 Å². The highest BCUT2D eigenvalue weighted by Crippen LogP contribution is 2.36. The van der Waals surface area contributed by atoms with E-state index in [1.807, 2.05) is 0 Å². The van der Waals surface area contributed by atoms with Gasteiger partial charge >= 0.3 is 0 Å². The standard InChI is InChI=1S/C23H23ClN2O6S/c1-14-5-6-17(25-23(27)15-11-19(24)22(32-4)20(12-15)31-3)13-21(14)33(28,29)26-16-7-9-18(30-2)10-8-16/h5-13,26H,1-4H3,(H,25,27). The Morgan fingerprint density at radius 3 is 2.15 bits per heavy atom. The molecule has 10 heteroatoms. The van der Waals surface area contributed by atoms with Gasteiger partial charge < -0.3 is 19.5 Å². The molecule has 0 fully saturated rings. The molecule has 0 atom stereocenters. The zero-order chi connectivity index (χ0) is 24.2. The third kappa shape index (κ3) is 5.50. The predicted molar refractivity (Wildman–Crippen MR) is 127 cm³/mol. The maximum Gasteiger partial charge on any atom is 0.262 e. The van der Waals surface area contributed by atoms with Crippen molar-refractivity contribution in [2.45, 2.75) is 11.8 Å². The number of ether oxygens (including phenoxy) is 3. The molecule has 174 valence electrons. The van der Waals surface area contributed by atoms with Crippen LogP contribution in [0.3, 0.4) is 0 Å². The molecule has 33 heavy (non-hydrogen) atoms. The van der Waals surface area contributed by atoms with Crippen LogP contribution >= 0.6 is 11.6 Å². The van der Waals surface area contributed by atoms with Crippen molar-refractivity contribution in [1.29, 1.82) is 0 Å². The molecule has 0 aromatic heterocycles. The third-order valence-corrected chi connectivity index (χ3v) is 6.58. The second kappa shape index (κ2) is 10.0. The number of anilines is 2. The van der Waals surface area contributed by atoms with Crippen LogP contribution in [0.25, 0.3) is 0 Å². The van der Waals surface area contributed by atoms with Gasteiger partial charge in [0.15, 0.2) is 11.5 Å². The molecule has 2 N–H and O–H groups in total. The Morgan fingerprint density at radius 2 is 1.55 bits per heavy atom. The molecule has 3 aromatic carbocycles. The topological polar surface area (TPSA) is 103 Å². The number of hydrogen-bond donors (Lipinski definition) is 2. The van der Waals surface area contributed by atoms with Crippen molar-refractivity contribution in [1.82, 2.24) is 0 Å². The highest BCUT2D eigenvalue weighted by atomic mass is 35.5. The van der Waals surface area contributed by atoms with Gasteiger partial charge in [-0.3, -0.25) is 9.52 Å². The van der Waals surface area contributed by atoms with Gasteiger partial charge in [0.05, 0.1) is 31.2 Å². The average Bonchev–Trinajstić information content (AvgIpc) is 2.79. The summed E-state index contributed by atoms with van der Waals surface area (Å²) in [5.74, 6) is 0.720. The molecule has 0 aliphatic heterocycles. The summed E-state index contributed by atoms with van der Waals surface area (Å²) >= 11 is 6.18. The second-order valence-corrected chi connectivity index (χ2v) is 9.02. The van der Waals surface area contributed by atoms with Crippen molar-refractivity contribution in [3.63, 3.8) is 0 Å². The molecular formula is C23H23ClN2O6S. The van der Waals surface area contributed by atoms with Crippen LogP contribution in [0.2, 0.25) is 5.02 Å². The molecule has 0 spiro atoms. The van der Waals surface area contributed by atoms with Crippen LogP contribution in [0.15, 0.2) is 59.5 Å². The van der Waals surface area contributed by atoms with E-state index in [1.54, 1.807) is 43.3 Å². The van der Waals surface area contributed by atoms with Gasteiger partial charge in [-0.15, -0.1) is 0 Å². The summed E-state index contributed by atoms with van der Waals surface area (Å²) in [5.41, 5.74) is 1.42. The number of sulfonamides is 1. The maximum absolute atomic E-state index is 13.0. The molecule has 3 rings (SSSR count). The summed E-state index contributed by atoms with van der Waals surface area (Å²) in [5, 5.41) is 2.90. The lowest BCUT2D eigenvalue weighted by atomic mass is 10.1. The van der Waals surface area contributed by atoms with Crippen LogP contribution in [0.1, 0.15) is 15.9 Å². The second-order valence-electron chi connectivity index (χ2n) is 6.96. The van der Waals surface area contributed by atoms with Crippen molar-refractivity contribution in [2.24, 2.45) is 0 Å². The molecule has 0 heterocycles. The fourth-order valence-electron chi connectivity index (χ4n) is 3.09. The molecular weight excluding hydrogens is 468 g/mol. The van der Waals surface area contributed by atoms with E-state index in [-0.39, 0.29) is 15.5 Å². The minimum absolute atomic E-state index is 0.0291. The van der Waals surface area contributed by atoms with E-state index in [1.165, 1.54) is 39.5 Å². The van der Waals surface area contributed by atoms with Crippen LogP contribution < -0.4 is 24.2 Å². The van der Waals surface area contributed by atoms with Crippen LogP contribution in [0.5, 0.6) is 17.2 Å². The molecule has 0 aliphatic rings. The van der Waals surface area contributed by atoms with E-state index in [4.69, 9.17) is 25.8 Å². The van der Waals surface area contributed by atoms with Crippen molar-refractivity contribution in [3.05, 3.63) is 70.7 Å². The summed E-state index contributed by atoms with van der Waals surface area (Å²) in [6.07, 6.45) is 0. The van der Waals surface area contributed by atoms with Gasteiger partial charge in [-0.2, -0.15) is 0 Å². The number of benzene rings is 3. The molecule has 0 saturated heterocycles. The zero-order valence-corrected chi connectivity index (χ0v) is 20.0. The molecule has 0 saturated carbocycles. The minimum atomic E-state index is -3.91. The first-order chi connectivity index (χ1) is 15.7. The Bertz CT molecular complexity index is 1280. The number of carbonyl (C=O) groups excluding carboxylic acids is 1. The van der Waals surface area contributed by atoms with Gasteiger partial charge in [-0.1, -0.05) is 17.7 Å². The van der Waals surface area contributed by atoms with Gasteiger partial charge in [0.2, 0.25) is 0 Å². The monoisotopic (exact) mass is 490 g/mol. The smallest absolute Gasteiger partial charge is 0.262 e. The van der Waals surface area contributed by atoms with E-state index in [0.29, 0.717) is 34.2 Å². The lowest BCUT2D eigenvalue weighted by molar-refractivity contribution is 0.102. The normalized spacial score (nSPS) is 10.9. The average molecular weight is 491 g/mol. The summed E-state index contributed by atoms with van der Waals surface area (Å²) in [4.78, 5) is 12.8. The lowest BCUT2D eigenvalue weighted by Crippen LogP contribution is -2.16. The number of nitrogens with one attached hydrogen (secondary N) is 2. The summed E-state index contributed by atoms with van der Waals surface area (Å²) in [6.45, 7) is 1.67. The number of methoxy groups -OCH3 is 3. The van der Waals surface area contributed by atoms with Crippen LogP contribution in [0.4, 0.5) is 11.4 Å². The van der Waals surface area contributed by atoms with Gasteiger partial charge in [-0.05, 0) is 61.0 Å². The predicted octanol–water partition coefficient (Wildman–Crippen LogP) is 4.73. The molecule has 3 aromatic rings. The van der Waals surface area contributed by atoms with Gasteiger partial charge in [0.1, 0.15) is 5.75 Å². The van der Waals surface area contributed by atoms with Gasteiger partial charge in [0.25, 0.3) is 15.9 Å². The minimum Gasteiger partial charge on any atom is -0.497 e. The molecule has 0 radical (unpaired) electrons. The quantitative estimate of drug-likeness (QED) is 0.473. The Hall–Kier alpha value is -3.43. The maximum atomic E-state index is 13.0. The summed E-state index contributed by atoms with van der Waals surface area (Å²) in [6, 6.07) is 14.0. The molecule has 0 unspecified atom stereocenters. The number of amides is 1. The van der Waals surface area contributed by atoms with Crippen molar-refractivity contribution in [2.75, 3.05) is 31.4 Å². The first-order valence-electron chi connectivity index (χ1n) is 9.69. The van der Waals surface area contributed by atoms with Crippen molar-refractivity contribution >= 4 is 38.9 Å². The fraction of sp³-hybridized carbons (Fsp3) is 0.174. The number of aryl methyl sites for hydroxylation is 1. The Kier molecular flexibility index (Phi) is 7.35. The van der Waals surface area contributed by atoms with Crippen LogP contribution in [-0.4, -0.2) is 35.7 Å². The number of carbonyl (C=O) groups is 1. The summed E-state index contributed by atoms with van der Waals surface area (Å²) in [7, 11) is 0.489. The van der Waals surface area contributed by atoms with Gasteiger partial charge in [-0.25, -0.2) is 8.42 Å². The van der Waals surface area contributed by atoms with E-state index in [2.05, 4.69) is 10.0 Å². The van der Waals surface area contributed by atoms with Crippen molar-refractivity contribution in [3.8, 4) is 17.2 Å². The molecule has 1 amide bonds. The molecule has 8 nitrogen and oxygen atoms in total. The molecule has 0 aliphatic carbocycles. The largest absolute Gasteiger partial charge is 0.497 e. The SMILES string of the molecule is COc1ccc(NS(=O)(=O)c2cc(NC(=O)c3cc(Cl)c(OC)c(OC)c3)ccc2C)cc1. The first kappa shape index (κ1) is 24.2. The number of hydrogen-bond acceptors (Lipinski definition) is 6. The molecule has 0 bridgehead atoms. The van der Waals surface area contributed by atoms with E-state index < -0.39 is 15.9 Å². The fourth-order valence-corrected chi connectivity index (χ4v) is 4.71. The van der Waals surface area contributed by atoms with Gasteiger partial charge in [0, 0.05) is 16.9 Å². The van der Waals surface area contributed by atoms with E-state index >= 15 is 0 Å². The Balaban J connectivity index is 1.86. The van der Waals surface area contributed by atoms with Crippen LogP contribution in [-0.2, 0) is 10.0 Å². The first-order valence-corrected chi connectivity index (χ1v) is 11.5. The highest BCUT2D eigenvalue weighted by molar-refractivity contribution is 7.92. The lowest BCUT2D eigenvalue weighted by Gasteiger charge is -2.14. The number of rotatable bonds is 8. The van der Waals surface area contributed by atoms with E-state index in [0.717, 1.165) is 0 Å². The number of halogens is 1. The third-order valence-electron chi connectivity index (χ3n) is 4.77. The zero-order valence-electron chi connectivity index (χ0n) is 18.4. The summed E-state index contributed by atoms with van der Waals surface area (Å²) < 4.78 is 44.0. The van der Waals surface area contributed by atoms with Crippen molar-refractivity contribution < 1.29 is 27.4 Å².